The van der Waals surface area contributed by atoms with E-state index in [2.05, 4.69) is 10.6 Å². The molecule has 0 saturated carbocycles. The minimum atomic E-state index is -3.73. The molecule has 0 unspecified atom stereocenters. The van der Waals surface area contributed by atoms with Crippen LogP contribution in [0.5, 0.6) is 17.2 Å². The van der Waals surface area contributed by atoms with Crippen LogP contribution in [0.2, 0.25) is 0 Å². The van der Waals surface area contributed by atoms with Gasteiger partial charge >= 0.3 is 6.03 Å². The lowest BCUT2D eigenvalue weighted by Gasteiger charge is -2.38. The maximum atomic E-state index is 13.7. The number of sulfonamides is 1. The molecule has 3 atom stereocenters. The number of carbonyl (C=O) groups is 2. The van der Waals surface area contributed by atoms with Crippen molar-refractivity contribution in [3.05, 3.63) is 59.5 Å². The van der Waals surface area contributed by atoms with Crippen LogP contribution in [-0.2, 0) is 10.0 Å². The predicted molar refractivity (Wildman–Crippen MR) is 157 cm³/mol. The summed E-state index contributed by atoms with van der Waals surface area (Å²) in [6, 6.07) is 11.9. The summed E-state index contributed by atoms with van der Waals surface area (Å²) in [5.41, 5.74) is 1.00. The maximum absolute atomic E-state index is 13.7. The first kappa shape index (κ1) is 29.6. The van der Waals surface area contributed by atoms with Crippen LogP contribution < -0.4 is 24.8 Å². The summed E-state index contributed by atoms with van der Waals surface area (Å²) >= 11 is 1.13. The first-order chi connectivity index (χ1) is 20.1. The van der Waals surface area contributed by atoms with Crippen molar-refractivity contribution in [2.24, 2.45) is 5.92 Å². The standard InChI is InChI=1S/C28H32N4O8S2/c1-17-13-32(18(2)15-33)27(34)21-11-19(29-28(35)30-20-7-9-23-24(12-20)39-16-38-23)6-8-22(21)40-25(17)14-31(3)42(36,37)26-5-4-10-41-26/h4-12,17-18,25,33H,13-16H2,1-3H3,(H2,29,30,35)/t17-,18+,25-/m1/s1. The highest BCUT2D eigenvalue weighted by Crippen LogP contribution is 2.35. The topological polar surface area (TPSA) is 147 Å². The molecule has 2 aliphatic rings. The smallest absolute Gasteiger partial charge is 0.323 e. The Bertz CT molecular complexity index is 1560. The molecule has 0 aliphatic carbocycles. The summed E-state index contributed by atoms with van der Waals surface area (Å²) in [6.45, 7) is 3.72. The maximum Gasteiger partial charge on any atom is 0.323 e. The third kappa shape index (κ3) is 6.16. The molecule has 0 spiro atoms. The summed E-state index contributed by atoms with van der Waals surface area (Å²) < 4.78 is 44.6. The van der Waals surface area contributed by atoms with Gasteiger partial charge in [-0.1, -0.05) is 13.0 Å². The Morgan fingerprint density at radius 1 is 1.12 bits per heavy atom. The van der Waals surface area contributed by atoms with Gasteiger partial charge in [-0.25, -0.2) is 13.2 Å². The number of aliphatic hydroxyl groups is 1. The second-order valence-corrected chi connectivity index (χ2v) is 13.4. The Labute approximate surface area is 247 Å². The quantitative estimate of drug-likeness (QED) is 0.348. The number of anilines is 2. The second kappa shape index (κ2) is 12.2. The number of carbonyl (C=O) groups excluding carboxylic acids is 2. The molecule has 3 heterocycles. The van der Waals surface area contributed by atoms with Gasteiger partial charge in [0.15, 0.2) is 11.5 Å². The molecule has 0 radical (unpaired) electrons. The number of fused-ring (bicyclic) bond motifs is 2. The second-order valence-electron chi connectivity index (χ2n) is 10.2. The number of ether oxygens (including phenoxy) is 3. The molecule has 3 amide bonds. The third-order valence-corrected chi connectivity index (χ3v) is 10.3. The Balaban J connectivity index is 1.38. The van der Waals surface area contributed by atoms with Gasteiger partial charge in [0.1, 0.15) is 16.1 Å². The Morgan fingerprint density at radius 3 is 2.50 bits per heavy atom. The molecule has 3 aromatic rings. The van der Waals surface area contributed by atoms with Crippen LogP contribution in [0, 0.1) is 5.92 Å². The average molecular weight is 617 g/mol. The predicted octanol–water partition coefficient (Wildman–Crippen LogP) is 3.66. The fourth-order valence-corrected chi connectivity index (χ4v) is 7.09. The third-order valence-electron chi connectivity index (χ3n) is 7.15. The number of hydrogen-bond donors (Lipinski definition) is 3. The lowest BCUT2D eigenvalue weighted by molar-refractivity contribution is 0.0387. The molecule has 0 saturated heterocycles. The summed E-state index contributed by atoms with van der Waals surface area (Å²) in [7, 11) is -2.23. The van der Waals surface area contributed by atoms with Crippen molar-refractivity contribution >= 4 is 44.7 Å². The molecule has 42 heavy (non-hydrogen) atoms. The number of amides is 3. The Morgan fingerprint density at radius 2 is 1.81 bits per heavy atom. The number of rotatable bonds is 8. The van der Waals surface area contributed by atoms with Crippen LogP contribution in [0.15, 0.2) is 58.1 Å². The van der Waals surface area contributed by atoms with E-state index in [4.69, 9.17) is 14.2 Å². The van der Waals surface area contributed by atoms with Gasteiger partial charge in [-0.2, -0.15) is 4.31 Å². The summed E-state index contributed by atoms with van der Waals surface area (Å²) in [4.78, 5) is 28.0. The lowest BCUT2D eigenvalue weighted by Crippen LogP contribution is -2.50. The number of benzene rings is 2. The van der Waals surface area contributed by atoms with Gasteiger partial charge in [0.25, 0.3) is 15.9 Å². The minimum absolute atomic E-state index is 0.0360. The van der Waals surface area contributed by atoms with Crippen molar-refractivity contribution in [2.75, 3.05) is 44.2 Å². The van der Waals surface area contributed by atoms with E-state index in [-0.39, 0.29) is 53.8 Å². The summed E-state index contributed by atoms with van der Waals surface area (Å²) in [6.07, 6.45) is -0.613. The monoisotopic (exact) mass is 616 g/mol. The molecule has 2 aromatic carbocycles. The van der Waals surface area contributed by atoms with E-state index in [1.165, 1.54) is 17.4 Å². The largest absolute Gasteiger partial charge is 0.488 e. The van der Waals surface area contributed by atoms with Crippen molar-refractivity contribution in [2.45, 2.75) is 30.2 Å². The number of nitrogens with one attached hydrogen (secondary N) is 2. The van der Waals surface area contributed by atoms with Crippen LogP contribution in [0.3, 0.4) is 0 Å². The molecular weight excluding hydrogens is 584 g/mol. The zero-order valence-electron chi connectivity index (χ0n) is 23.3. The van der Waals surface area contributed by atoms with Crippen molar-refractivity contribution < 1.29 is 37.3 Å². The van der Waals surface area contributed by atoms with Crippen LogP contribution in [0.4, 0.5) is 16.2 Å². The van der Waals surface area contributed by atoms with E-state index >= 15 is 0 Å². The van der Waals surface area contributed by atoms with Crippen molar-refractivity contribution in [1.82, 2.24) is 9.21 Å². The first-order valence-corrected chi connectivity index (χ1v) is 15.6. The molecule has 14 heteroatoms. The number of urea groups is 1. The van der Waals surface area contributed by atoms with Crippen molar-refractivity contribution in [1.29, 1.82) is 0 Å². The summed E-state index contributed by atoms with van der Waals surface area (Å²) in [5, 5.41) is 17.1. The SMILES string of the molecule is C[C@@H]1CN([C@@H](C)CO)C(=O)c2cc(NC(=O)Nc3ccc4c(c3)OCO4)ccc2O[C@@H]1CN(C)S(=O)(=O)c1cccs1. The van der Waals surface area contributed by atoms with Gasteiger partial charge < -0.3 is 34.9 Å². The highest BCUT2D eigenvalue weighted by molar-refractivity contribution is 7.91. The Kier molecular flexibility index (Phi) is 8.59. The number of hydrogen-bond acceptors (Lipinski definition) is 9. The molecule has 3 N–H and O–H groups in total. The molecule has 12 nitrogen and oxygen atoms in total. The van der Waals surface area contributed by atoms with Crippen molar-refractivity contribution in [3.63, 3.8) is 0 Å². The molecule has 2 aliphatic heterocycles. The van der Waals surface area contributed by atoms with Crippen LogP contribution in [-0.4, -0.2) is 80.4 Å². The van der Waals surface area contributed by atoms with E-state index in [1.54, 1.807) is 59.7 Å². The zero-order valence-corrected chi connectivity index (χ0v) is 24.9. The molecule has 1 aromatic heterocycles. The molecule has 224 valence electrons. The van der Waals surface area contributed by atoms with E-state index in [0.29, 0.717) is 22.9 Å². The first-order valence-electron chi connectivity index (χ1n) is 13.3. The van der Waals surface area contributed by atoms with Gasteiger partial charge in [0, 0.05) is 37.0 Å². The van der Waals surface area contributed by atoms with Gasteiger partial charge in [0.2, 0.25) is 6.79 Å². The fourth-order valence-electron chi connectivity index (χ4n) is 4.70. The highest BCUT2D eigenvalue weighted by atomic mass is 32.2. The van der Waals surface area contributed by atoms with E-state index in [9.17, 15) is 23.1 Å². The number of thiophene rings is 1. The van der Waals surface area contributed by atoms with E-state index in [0.717, 1.165) is 11.3 Å². The number of nitrogens with zero attached hydrogens (tertiary/aromatic N) is 2. The molecule has 0 bridgehead atoms. The van der Waals surface area contributed by atoms with Crippen LogP contribution in [0.25, 0.3) is 0 Å². The normalized spacial score (nSPS) is 19.0. The Hall–Kier alpha value is -3.85. The minimum Gasteiger partial charge on any atom is -0.488 e. The number of aliphatic hydroxyl groups excluding tert-OH is 1. The summed E-state index contributed by atoms with van der Waals surface area (Å²) in [5.74, 6) is 0.701. The van der Waals surface area contributed by atoms with Gasteiger partial charge in [-0.15, -0.1) is 11.3 Å². The molecule has 0 fully saturated rings. The molecule has 5 rings (SSSR count). The van der Waals surface area contributed by atoms with Crippen LogP contribution in [0.1, 0.15) is 24.2 Å². The average Bonchev–Trinajstić information content (AvgIpc) is 3.67. The molecular formula is C28H32N4O8S2. The lowest BCUT2D eigenvalue weighted by atomic mass is 9.99. The van der Waals surface area contributed by atoms with Crippen LogP contribution >= 0.6 is 11.3 Å². The van der Waals surface area contributed by atoms with Gasteiger partial charge in [-0.05, 0) is 48.7 Å². The highest BCUT2D eigenvalue weighted by Gasteiger charge is 2.35. The zero-order chi connectivity index (χ0) is 30.0. The van der Waals surface area contributed by atoms with E-state index < -0.39 is 28.2 Å². The van der Waals surface area contributed by atoms with Gasteiger partial charge in [0.05, 0.1) is 24.8 Å². The fraction of sp³-hybridized carbons (Fsp3) is 0.357. The number of likely N-dealkylation sites (N-methyl/N-ethyl adjacent to an activating group) is 1. The van der Waals surface area contributed by atoms with Gasteiger partial charge in [-0.3, -0.25) is 4.79 Å². The van der Waals surface area contributed by atoms with E-state index in [1.807, 2.05) is 6.92 Å². The van der Waals surface area contributed by atoms with Crippen molar-refractivity contribution in [3.8, 4) is 17.2 Å².